The SMILES string of the molecule is CCCCCCCCCC/C=C/CCCCCc1cccc(OCC2(C)CO2)c1. The second-order valence-electron chi connectivity index (χ2n) is 9.01. The normalized spacial score (nSPS) is 18.4. The Morgan fingerprint density at radius 2 is 1.52 bits per heavy atom. The van der Waals surface area contributed by atoms with E-state index in [9.17, 15) is 0 Å². The van der Waals surface area contributed by atoms with Gasteiger partial charge in [-0.3, -0.25) is 0 Å². The molecule has 0 aromatic heterocycles. The number of ether oxygens (including phenoxy) is 2. The first kappa shape index (κ1) is 24.0. The molecular weight excluding hydrogens is 356 g/mol. The van der Waals surface area contributed by atoms with Crippen molar-refractivity contribution in [2.75, 3.05) is 13.2 Å². The second-order valence-corrected chi connectivity index (χ2v) is 9.01. The molecule has 2 nitrogen and oxygen atoms in total. The molecule has 1 heterocycles. The van der Waals surface area contributed by atoms with Crippen LogP contribution in [0.25, 0.3) is 0 Å². The molecule has 2 heteroatoms. The van der Waals surface area contributed by atoms with Crippen molar-refractivity contribution >= 4 is 0 Å². The Morgan fingerprint density at radius 1 is 0.897 bits per heavy atom. The van der Waals surface area contributed by atoms with E-state index in [0.29, 0.717) is 6.61 Å². The Kier molecular flexibility index (Phi) is 12.1. The molecule has 0 amide bonds. The standard InChI is InChI=1S/C27H44O2/c1-3-4-5-6-7-8-9-10-11-12-13-14-15-16-17-19-25-20-18-21-26(22-25)28-23-27(2)24-29-27/h12-13,18,20-22H,3-11,14-17,19,23-24H2,1-2H3/b13-12+. The summed E-state index contributed by atoms with van der Waals surface area (Å²) in [7, 11) is 0. The maximum Gasteiger partial charge on any atom is 0.123 e. The average molecular weight is 401 g/mol. The molecular formula is C27H44O2. The second kappa shape index (κ2) is 14.7. The van der Waals surface area contributed by atoms with Gasteiger partial charge in [0.1, 0.15) is 18.0 Å². The number of unbranched alkanes of at least 4 members (excludes halogenated alkanes) is 11. The van der Waals surface area contributed by atoms with Gasteiger partial charge in [0.05, 0.1) is 6.61 Å². The van der Waals surface area contributed by atoms with Gasteiger partial charge in [-0.2, -0.15) is 0 Å². The summed E-state index contributed by atoms with van der Waals surface area (Å²) in [5.74, 6) is 0.975. The molecule has 1 unspecified atom stereocenters. The maximum absolute atomic E-state index is 5.87. The van der Waals surface area contributed by atoms with Crippen LogP contribution in [-0.4, -0.2) is 18.8 Å². The van der Waals surface area contributed by atoms with Gasteiger partial charge in [-0.15, -0.1) is 0 Å². The van der Waals surface area contributed by atoms with Crippen LogP contribution in [-0.2, 0) is 11.2 Å². The topological polar surface area (TPSA) is 21.8 Å². The van der Waals surface area contributed by atoms with Crippen molar-refractivity contribution in [3.63, 3.8) is 0 Å². The number of allylic oxidation sites excluding steroid dienone is 2. The van der Waals surface area contributed by atoms with Crippen LogP contribution in [0.15, 0.2) is 36.4 Å². The highest BCUT2D eigenvalue weighted by Gasteiger charge is 2.40. The van der Waals surface area contributed by atoms with E-state index < -0.39 is 0 Å². The Bertz CT molecular complexity index is 559. The molecule has 0 saturated carbocycles. The minimum atomic E-state index is -0.0439. The molecule has 1 saturated heterocycles. The number of aryl methyl sites for hydroxylation is 1. The minimum Gasteiger partial charge on any atom is -0.490 e. The maximum atomic E-state index is 5.87. The van der Waals surface area contributed by atoms with Gasteiger partial charge >= 0.3 is 0 Å². The van der Waals surface area contributed by atoms with Gasteiger partial charge in [-0.05, 0) is 63.1 Å². The quantitative estimate of drug-likeness (QED) is 0.141. The fraction of sp³-hybridized carbons (Fsp3) is 0.704. The smallest absolute Gasteiger partial charge is 0.123 e. The van der Waals surface area contributed by atoms with Crippen LogP contribution in [0.2, 0.25) is 0 Å². The van der Waals surface area contributed by atoms with Crippen LogP contribution in [0.5, 0.6) is 5.75 Å². The molecule has 2 rings (SSSR count). The highest BCUT2D eigenvalue weighted by molar-refractivity contribution is 5.28. The van der Waals surface area contributed by atoms with Crippen molar-refractivity contribution in [1.29, 1.82) is 0 Å². The minimum absolute atomic E-state index is 0.0439. The third-order valence-corrected chi connectivity index (χ3v) is 5.81. The summed E-state index contributed by atoms with van der Waals surface area (Å²) in [5.41, 5.74) is 1.34. The third-order valence-electron chi connectivity index (χ3n) is 5.81. The predicted octanol–water partition coefficient (Wildman–Crippen LogP) is 8.04. The van der Waals surface area contributed by atoms with Gasteiger partial charge in [0.2, 0.25) is 0 Å². The van der Waals surface area contributed by atoms with Crippen LogP contribution in [0, 0.1) is 0 Å². The summed E-state index contributed by atoms with van der Waals surface area (Å²) in [4.78, 5) is 0. The van der Waals surface area contributed by atoms with Gasteiger partial charge in [-0.25, -0.2) is 0 Å². The van der Waals surface area contributed by atoms with E-state index in [2.05, 4.69) is 44.2 Å². The number of epoxide rings is 1. The fourth-order valence-corrected chi connectivity index (χ4v) is 3.63. The monoisotopic (exact) mass is 400 g/mol. The summed E-state index contributed by atoms with van der Waals surface area (Å²) < 4.78 is 11.2. The number of rotatable bonds is 18. The van der Waals surface area contributed by atoms with Crippen molar-refractivity contribution in [3.8, 4) is 5.75 Å². The van der Waals surface area contributed by atoms with E-state index in [1.807, 2.05) is 6.07 Å². The first-order valence-corrected chi connectivity index (χ1v) is 12.2. The molecule has 1 atom stereocenters. The summed E-state index contributed by atoms with van der Waals surface area (Å²) in [6, 6.07) is 8.56. The lowest BCUT2D eigenvalue weighted by Gasteiger charge is -2.10. The van der Waals surface area contributed by atoms with Crippen LogP contribution in [0.4, 0.5) is 0 Å². The molecule has 0 N–H and O–H groups in total. The zero-order valence-corrected chi connectivity index (χ0v) is 19.1. The van der Waals surface area contributed by atoms with E-state index in [4.69, 9.17) is 9.47 Å². The summed E-state index contributed by atoms with van der Waals surface area (Å²) in [5, 5.41) is 0. The van der Waals surface area contributed by atoms with Crippen LogP contribution >= 0.6 is 0 Å². The highest BCUT2D eigenvalue weighted by atomic mass is 16.6. The van der Waals surface area contributed by atoms with Crippen molar-refractivity contribution < 1.29 is 9.47 Å². The molecule has 1 aromatic carbocycles. The molecule has 0 aliphatic carbocycles. The van der Waals surface area contributed by atoms with E-state index in [-0.39, 0.29) is 5.60 Å². The zero-order chi connectivity index (χ0) is 20.6. The Morgan fingerprint density at radius 3 is 2.17 bits per heavy atom. The molecule has 164 valence electrons. The lowest BCUT2D eigenvalue weighted by atomic mass is 10.1. The lowest BCUT2D eigenvalue weighted by molar-refractivity contribution is 0.202. The van der Waals surface area contributed by atoms with Gasteiger partial charge in [0.15, 0.2) is 0 Å². The largest absolute Gasteiger partial charge is 0.490 e. The van der Waals surface area contributed by atoms with Crippen molar-refractivity contribution in [2.24, 2.45) is 0 Å². The van der Waals surface area contributed by atoms with Crippen molar-refractivity contribution in [3.05, 3.63) is 42.0 Å². The predicted molar refractivity (Wildman–Crippen MR) is 125 cm³/mol. The third kappa shape index (κ3) is 12.1. The van der Waals surface area contributed by atoms with E-state index in [1.54, 1.807) is 0 Å². The zero-order valence-electron chi connectivity index (χ0n) is 19.1. The molecule has 1 aromatic rings. The van der Waals surface area contributed by atoms with Crippen LogP contribution in [0.1, 0.15) is 103 Å². The average Bonchev–Trinajstić information content (AvgIpc) is 3.47. The van der Waals surface area contributed by atoms with Crippen molar-refractivity contribution in [2.45, 2.75) is 109 Å². The molecule has 1 aliphatic heterocycles. The van der Waals surface area contributed by atoms with E-state index in [1.165, 1.54) is 89.0 Å². The number of hydrogen-bond acceptors (Lipinski definition) is 2. The molecule has 1 aliphatic rings. The summed E-state index contributed by atoms with van der Waals surface area (Å²) >= 11 is 0. The molecule has 0 radical (unpaired) electrons. The summed E-state index contributed by atoms with van der Waals surface area (Å²) in [6.45, 7) is 5.86. The van der Waals surface area contributed by atoms with Gasteiger partial charge < -0.3 is 9.47 Å². The van der Waals surface area contributed by atoms with Gasteiger partial charge in [-0.1, -0.05) is 82.6 Å². The Hall–Kier alpha value is -1.28. The van der Waals surface area contributed by atoms with Gasteiger partial charge in [0.25, 0.3) is 0 Å². The molecule has 0 bridgehead atoms. The summed E-state index contributed by atoms with van der Waals surface area (Å²) in [6.07, 6.45) is 23.6. The fourth-order valence-electron chi connectivity index (χ4n) is 3.63. The molecule has 0 spiro atoms. The lowest BCUT2D eigenvalue weighted by Crippen LogP contribution is -2.16. The Balaban J connectivity index is 1.40. The molecule has 1 fully saturated rings. The number of hydrogen-bond donors (Lipinski definition) is 0. The van der Waals surface area contributed by atoms with Gasteiger partial charge in [0, 0.05) is 0 Å². The first-order valence-electron chi connectivity index (χ1n) is 12.2. The molecule has 29 heavy (non-hydrogen) atoms. The van der Waals surface area contributed by atoms with E-state index >= 15 is 0 Å². The Labute approximate surface area is 180 Å². The van der Waals surface area contributed by atoms with Crippen LogP contribution in [0.3, 0.4) is 0 Å². The van der Waals surface area contributed by atoms with Crippen LogP contribution < -0.4 is 4.74 Å². The highest BCUT2D eigenvalue weighted by Crippen LogP contribution is 2.27. The van der Waals surface area contributed by atoms with Crippen molar-refractivity contribution in [1.82, 2.24) is 0 Å². The first-order chi connectivity index (χ1) is 14.2. The van der Waals surface area contributed by atoms with E-state index in [0.717, 1.165) is 18.8 Å². The number of benzene rings is 1.